The molecule has 0 amide bonds. The molecule has 21 heavy (non-hydrogen) atoms. The molecular weight excluding hydrogens is 274 g/mol. The van der Waals surface area contributed by atoms with Crippen molar-refractivity contribution in [3.8, 4) is 11.8 Å². The molecule has 1 unspecified atom stereocenters. The molecule has 0 fully saturated rings. The van der Waals surface area contributed by atoms with Gasteiger partial charge in [0.25, 0.3) is 0 Å². The molecule has 1 aromatic heterocycles. The number of benzene rings is 1. The Morgan fingerprint density at radius 2 is 2.05 bits per heavy atom. The maximum atomic E-state index is 3.53. The largest absolute Gasteiger partial charge is 0.307 e. The van der Waals surface area contributed by atoms with Gasteiger partial charge in [-0.2, -0.15) is 0 Å². The second-order valence-corrected chi connectivity index (χ2v) is 7.15. The molecule has 1 aromatic carbocycles. The summed E-state index contributed by atoms with van der Waals surface area (Å²) in [6.45, 7) is 9.41. The van der Waals surface area contributed by atoms with E-state index >= 15 is 0 Å². The summed E-state index contributed by atoms with van der Waals surface area (Å²) in [7, 11) is 0. The van der Waals surface area contributed by atoms with E-state index in [9.17, 15) is 0 Å². The van der Waals surface area contributed by atoms with E-state index in [2.05, 4.69) is 80.6 Å². The normalized spacial score (nSPS) is 13.3. The van der Waals surface area contributed by atoms with Crippen LogP contribution in [0.1, 0.15) is 39.3 Å². The molecule has 0 saturated carbocycles. The van der Waals surface area contributed by atoms with Gasteiger partial charge in [0.15, 0.2) is 0 Å². The molecule has 0 aliphatic heterocycles. The minimum Gasteiger partial charge on any atom is -0.307 e. The Morgan fingerprint density at radius 3 is 2.81 bits per heavy atom. The summed E-state index contributed by atoms with van der Waals surface area (Å²) in [5.74, 6) is 6.29. The van der Waals surface area contributed by atoms with Gasteiger partial charge in [-0.05, 0) is 56.2 Å². The van der Waals surface area contributed by atoms with E-state index in [4.69, 9.17) is 0 Å². The topological polar surface area (TPSA) is 12.0 Å². The van der Waals surface area contributed by atoms with E-state index < -0.39 is 0 Å². The van der Waals surface area contributed by atoms with E-state index in [0.29, 0.717) is 6.04 Å². The highest BCUT2D eigenvalue weighted by molar-refractivity contribution is 7.17. The van der Waals surface area contributed by atoms with Crippen molar-refractivity contribution in [2.45, 2.75) is 33.7 Å². The number of allylic oxidation sites excluding steroid dienone is 1. The van der Waals surface area contributed by atoms with Crippen molar-refractivity contribution < 1.29 is 0 Å². The first-order valence-electron chi connectivity index (χ1n) is 7.34. The SMILES string of the molecule is CC(NC/C=C\C#CC(C)(C)C)c1csc2ccccc12. The van der Waals surface area contributed by atoms with Crippen molar-refractivity contribution in [3.63, 3.8) is 0 Å². The second-order valence-electron chi connectivity index (χ2n) is 6.24. The van der Waals surface area contributed by atoms with Gasteiger partial charge in [-0.15, -0.1) is 11.3 Å². The van der Waals surface area contributed by atoms with Gasteiger partial charge in [0.2, 0.25) is 0 Å². The Labute approximate surface area is 132 Å². The van der Waals surface area contributed by atoms with Crippen LogP contribution in [0.2, 0.25) is 0 Å². The van der Waals surface area contributed by atoms with Crippen LogP contribution >= 0.6 is 11.3 Å². The highest BCUT2D eigenvalue weighted by atomic mass is 32.1. The van der Waals surface area contributed by atoms with Crippen molar-refractivity contribution in [2.24, 2.45) is 5.41 Å². The van der Waals surface area contributed by atoms with Crippen LogP contribution in [0.3, 0.4) is 0 Å². The van der Waals surface area contributed by atoms with Gasteiger partial charge in [0.05, 0.1) is 0 Å². The molecule has 0 radical (unpaired) electrons. The van der Waals surface area contributed by atoms with Crippen LogP contribution in [0.25, 0.3) is 10.1 Å². The summed E-state index contributed by atoms with van der Waals surface area (Å²) < 4.78 is 1.35. The van der Waals surface area contributed by atoms with E-state index in [1.54, 1.807) is 0 Å². The Morgan fingerprint density at radius 1 is 1.29 bits per heavy atom. The lowest BCUT2D eigenvalue weighted by atomic mass is 9.98. The standard InChI is InChI=1S/C19H23NS/c1-15(20-13-9-5-8-12-19(2,3)4)17-14-21-18-11-7-6-10-16(17)18/h5-7,9-11,14-15,20H,13H2,1-4H3/b9-5-. The zero-order valence-corrected chi connectivity index (χ0v) is 14.1. The average molecular weight is 297 g/mol. The molecule has 110 valence electrons. The Bertz CT molecular complexity index is 677. The summed E-state index contributed by atoms with van der Waals surface area (Å²) >= 11 is 1.81. The first kappa shape index (κ1) is 15.8. The fourth-order valence-electron chi connectivity index (χ4n) is 2.06. The lowest BCUT2D eigenvalue weighted by molar-refractivity contribution is 0.571. The van der Waals surface area contributed by atoms with E-state index in [1.807, 2.05) is 17.4 Å². The van der Waals surface area contributed by atoms with E-state index in [0.717, 1.165) is 6.54 Å². The van der Waals surface area contributed by atoms with E-state index in [-0.39, 0.29) is 5.41 Å². The lowest BCUT2D eigenvalue weighted by Crippen LogP contribution is -2.18. The van der Waals surface area contributed by atoms with Gasteiger partial charge < -0.3 is 5.32 Å². The second kappa shape index (κ2) is 6.93. The van der Waals surface area contributed by atoms with Crippen molar-refractivity contribution in [2.75, 3.05) is 6.54 Å². The van der Waals surface area contributed by atoms with Crippen molar-refractivity contribution in [1.82, 2.24) is 5.32 Å². The molecule has 1 atom stereocenters. The Kier molecular flexibility index (Phi) is 5.22. The smallest absolute Gasteiger partial charge is 0.0346 e. The van der Waals surface area contributed by atoms with Gasteiger partial charge in [-0.25, -0.2) is 0 Å². The molecule has 0 spiro atoms. The maximum absolute atomic E-state index is 3.53. The van der Waals surface area contributed by atoms with Gasteiger partial charge in [0.1, 0.15) is 0 Å². The molecule has 0 aliphatic rings. The number of hydrogen-bond acceptors (Lipinski definition) is 2. The van der Waals surface area contributed by atoms with Crippen molar-refractivity contribution in [1.29, 1.82) is 0 Å². The first-order chi connectivity index (χ1) is 9.97. The van der Waals surface area contributed by atoms with Crippen LogP contribution < -0.4 is 5.32 Å². The molecule has 1 nitrogen and oxygen atoms in total. The minimum absolute atomic E-state index is 0.0701. The lowest BCUT2D eigenvalue weighted by Gasteiger charge is -2.11. The van der Waals surface area contributed by atoms with Crippen LogP contribution in [-0.4, -0.2) is 6.54 Å². The monoisotopic (exact) mass is 297 g/mol. The fourth-order valence-corrected chi connectivity index (χ4v) is 3.12. The summed E-state index contributed by atoms with van der Waals surface area (Å²) in [6.07, 6.45) is 4.03. The molecule has 1 N–H and O–H groups in total. The van der Waals surface area contributed by atoms with Gasteiger partial charge in [0, 0.05) is 22.7 Å². The molecule has 2 aromatic rings. The minimum atomic E-state index is 0.0701. The third kappa shape index (κ3) is 4.74. The number of hydrogen-bond donors (Lipinski definition) is 1. The fraction of sp³-hybridized carbons (Fsp3) is 0.368. The quantitative estimate of drug-likeness (QED) is 0.769. The molecule has 0 aliphatic carbocycles. The third-order valence-corrected chi connectivity index (χ3v) is 4.15. The number of fused-ring (bicyclic) bond motifs is 1. The number of nitrogens with one attached hydrogen (secondary N) is 1. The number of rotatable bonds is 4. The maximum Gasteiger partial charge on any atom is 0.0346 e. The first-order valence-corrected chi connectivity index (χ1v) is 8.22. The van der Waals surface area contributed by atoms with Crippen LogP contribution in [0.15, 0.2) is 41.8 Å². The van der Waals surface area contributed by atoms with Crippen LogP contribution in [-0.2, 0) is 0 Å². The highest BCUT2D eigenvalue weighted by Gasteiger charge is 2.09. The zero-order valence-electron chi connectivity index (χ0n) is 13.2. The Balaban J connectivity index is 1.92. The Hall–Kier alpha value is -1.56. The molecule has 2 heteroatoms. The predicted molar refractivity (Wildman–Crippen MR) is 94.6 cm³/mol. The molecular formula is C19H23NS. The van der Waals surface area contributed by atoms with Crippen molar-refractivity contribution in [3.05, 3.63) is 47.4 Å². The number of thiophene rings is 1. The molecule has 0 bridgehead atoms. The van der Waals surface area contributed by atoms with Gasteiger partial charge >= 0.3 is 0 Å². The van der Waals surface area contributed by atoms with E-state index in [1.165, 1.54) is 15.6 Å². The predicted octanol–water partition coefficient (Wildman–Crippen LogP) is 5.16. The highest BCUT2D eigenvalue weighted by Crippen LogP contribution is 2.29. The van der Waals surface area contributed by atoms with Crippen LogP contribution in [0.4, 0.5) is 0 Å². The van der Waals surface area contributed by atoms with Gasteiger partial charge in [-0.1, -0.05) is 36.1 Å². The molecule has 0 saturated heterocycles. The molecule has 1 heterocycles. The third-order valence-electron chi connectivity index (χ3n) is 3.17. The summed E-state index contributed by atoms with van der Waals surface area (Å²) in [6, 6.07) is 8.92. The van der Waals surface area contributed by atoms with Crippen LogP contribution in [0.5, 0.6) is 0 Å². The van der Waals surface area contributed by atoms with Gasteiger partial charge in [-0.3, -0.25) is 0 Å². The van der Waals surface area contributed by atoms with Crippen LogP contribution in [0, 0.1) is 17.3 Å². The summed E-state index contributed by atoms with van der Waals surface area (Å²) in [5.41, 5.74) is 1.45. The summed E-state index contributed by atoms with van der Waals surface area (Å²) in [5, 5.41) is 7.14. The summed E-state index contributed by atoms with van der Waals surface area (Å²) in [4.78, 5) is 0. The van der Waals surface area contributed by atoms with Crippen molar-refractivity contribution >= 4 is 21.4 Å². The molecule has 2 rings (SSSR count). The zero-order chi connectivity index (χ0) is 15.3. The average Bonchev–Trinajstić information content (AvgIpc) is 2.85.